The van der Waals surface area contributed by atoms with Gasteiger partial charge in [0.15, 0.2) is 17.9 Å². The van der Waals surface area contributed by atoms with E-state index in [4.69, 9.17) is 40.1 Å². The summed E-state index contributed by atoms with van der Waals surface area (Å²) in [5, 5.41) is 45.5. The van der Waals surface area contributed by atoms with Gasteiger partial charge in [-0.3, -0.25) is 67.7 Å². The van der Waals surface area contributed by atoms with E-state index in [1.54, 1.807) is 13.8 Å². The molecule has 1 aromatic carbocycles. The molecule has 0 spiro atoms. The summed E-state index contributed by atoms with van der Waals surface area (Å²) < 4.78 is 0. The van der Waals surface area contributed by atoms with Crippen molar-refractivity contribution in [3.05, 3.63) is 48.0 Å². The van der Waals surface area contributed by atoms with E-state index >= 15 is 0 Å². The number of rotatable bonds is 53. The number of nitrogens with one attached hydrogen (secondary N) is 11. The quantitative estimate of drug-likeness (QED) is 0.0190. The number of unbranched alkanes of at least 4 members (excludes halogenated alkanes) is 12. The number of benzene rings is 1. The summed E-state index contributed by atoms with van der Waals surface area (Å²) in [6, 6.07) is -5.18. The van der Waals surface area contributed by atoms with Crippen LogP contribution in [0, 0.1) is 5.92 Å². The van der Waals surface area contributed by atoms with Crippen LogP contribution in [0.4, 0.5) is 0 Å². The van der Waals surface area contributed by atoms with Crippen molar-refractivity contribution in [1.82, 2.24) is 63.1 Å². The first-order valence-corrected chi connectivity index (χ1v) is 34.4. The van der Waals surface area contributed by atoms with E-state index in [0.29, 0.717) is 17.7 Å². The zero-order valence-electron chi connectivity index (χ0n) is 58.4. The topological polar surface area (TPSA) is 596 Å². The SMILES string of the molecule is C.CCCCCCCCCCCCCCCC(=O)NC(CO)C(=O)NCC(=O)NC(CCCN=C(N)N)C(=O)NC(CCCN=C(N)N)C(=O)NC(Cc1ccc(O)cc1)C(=O)NCC(=O)NC(Cc1cnc[nH]1)C(=O)NC(C)C(=O)NC(CC(C)C)C(=O)NC(CCCN=C(N)N)C(N)=O. The monoisotopic (exact) mass is 1420 g/mol. The fraction of sp³-hybridized carbons (Fsp3) is 0.652. The molecule has 0 saturated carbocycles. The van der Waals surface area contributed by atoms with Crippen molar-refractivity contribution in [2.24, 2.45) is 61.0 Å². The van der Waals surface area contributed by atoms with Crippen LogP contribution in [-0.2, 0) is 65.6 Å². The minimum atomic E-state index is -1.50. The number of hydrogen-bond acceptors (Lipinski definition) is 17. The van der Waals surface area contributed by atoms with Crippen molar-refractivity contribution < 1.29 is 63.0 Å². The minimum Gasteiger partial charge on any atom is -0.508 e. The Morgan fingerprint density at radius 3 is 1.34 bits per heavy atom. The molecule has 0 aliphatic rings. The molecule has 0 saturated heterocycles. The van der Waals surface area contributed by atoms with Gasteiger partial charge >= 0.3 is 0 Å². The Labute approximate surface area is 592 Å². The molecule has 0 fully saturated rings. The Morgan fingerprint density at radius 1 is 0.465 bits per heavy atom. The van der Waals surface area contributed by atoms with Crippen LogP contribution < -0.4 is 93.3 Å². The first-order chi connectivity index (χ1) is 47.6. The highest BCUT2D eigenvalue weighted by atomic mass is 16.3. The molecule has 8 unspecified atom stereocenters. The standard InChI is InChI=1S/C65H112N22O13.CH4/c1-5-6-7-8-9-10-11-12-13-14-15-16-17-24-52(90)83-51(38-88)58(96)78-36-53(91)81-46(22-19-30-75-64(69)70)59(97)85-47(23-20-31-76-65(71)72)60(98)87-49(33-42-25-27-44(89)28-26-42)57(95)77-37-54(92)82-50(34-43-35-73-39-79-43)61(99)80-41(4)56(94)86-48(32-40(2)3)62(100)84-45(55(66)93)21-18-29-74-63(67)68;/h25-28,35,39-41,45-51,88-89H,5-24,29-34,36-38H2,1-4H3,(H2,66,93)(H,73,79)(H,77,95)(H,78,96)(H,80,99)(H,81,91)(H,82,92)(H,83,90)(H,84,100)(H,85,97)(H,86,94)(H,87,98)(H4,67,68,74)(H4,69,70,75)(H4,71,72,76);1H4. The molecule has 0 radical (unpaired) electrons. The first kappa shape index (κ1) is 89.2. The number of aromatic amines is 1. The van der Waals surface area contributed by atoms with Gasteiger partial charge in [-0.25, -0.2) is 4.98 Å². The van der Waals surface area contributed by atoms with Crippen LogP contribution in [0.25, 0.3) is 0 Å². The second-order valence-corrected chi connectivity index (χ2v) is 25.0. The van der Waals surface area contributed by atoms with Crippen LogP contribution in [-0.4, -0.2) is 191 Å². The van der Waals surface area contributed by atoms with Gasteiger partial charge in [-0.15, -0.1) is 0 Å². The van der Waals surface area contributed by atoms with Crippen molar-refractivity contribution in [2.45, 2.75) is 231 Å². The molecule has 1 aromatic heterocycles. The average molecular weight is 1430 g/mol. The summed E-state index contributed by atoms with van der Waals surface area (Å²) in [7, 11) is 0. The normalized spacial score (nSPS) is 13.2. The van der Waals surface area contributed by atoms with Crippen molar-refractivity contribution in [3.63, 3.8) is 0 Å². The van der Waals surface area contributed by atoms with Crippen molar-refractivity contribution in [1.29, 1.82) is 0 Å². The van der Waals surface area contributed by atoms with E-state index in [-0.39, 0.29) is 121 Å². The third-order valence-corrected chi connectivity index (χ3v) is 15.7. The summed E-state index contributed by atoms with van der Waals surface area (Å²) in [6.45, 7) is 5.03. The fourth-order valence-electron chi connectivity index (χ4n) is 10.3. The highest BCUT2D eigenvalue weighted by Crippen LogP contribution is 2.16. The number of primary amides is 1. The molecule has 0 bridgehead atoms. The van der Waals surface area contributed by atoms with Gasteiger partial charge in [0.2, 0.25) is 65.0 Å². The number of phenols is 1. The van der Waals surface area contributed by atoms with Gasteiger partial charge in [0.05, 0.1) is 26.0 Å². The summed E-state index contributed by atoms with van der Waals surface area (Å²) >= 11 is 0. The lowest BCUT2D eigenvalue weighted by molar-refractivity contribution is -0.135. The molecule has 27 N–H and O–H groups in total. The largest absolute Gasteiger partial charge is 0.508 e. The van der Waals surface area contributed by atoms with E-state index in [1.807, 2.05) is 0 Å². The van der Waals surface area contributed by atoms with Gasteiger partial charge in [-0.2, -0.15) is 0 Å². The van der Waals surface area contributed by atoms with Gasteiger partial charge in [0, 0.05) is 50.8 Å². The summed E-state index contributed by atoms with van der Waals surface area (Å²) in [4.78, 5) is 168. The zero-order chi connectivity index (χ0) is 74.4. The van der Waals surface area contributed by atoms with Crippen molar-refractivity contribution >= 4 is 82.9 Å². The number of aliphatic hydroxyl groups is 1. The Bertz CT molecular complexity index is 2940. The van der Waals surface area contributed by atoms with Crippen LogP contribution in [0.5, 0.6) is 5.75 Å². The van der Waals surface area contributed by atoms with Gasteiger partial charge < -0.3 is 109 Å². The van der Waals surface area contributed by atoms with E-state index in [1.165, 1.54) is 95.1 Å². The highest BCUT2D eigenvalue weighted by Gasteiger charge is 2.33. The number of nitrogens with zero attached hydrogens (tertiary/aromatic N) is 4. The molecule has 2 aromatic rings. The number of aliphatic imine (C=N–C) groups is 3. The summed E-state index contributed by atoms with van der Waals surface area (Å²) in [6.07, 6.45) is 17.4. The molecule has 2 rings (SSSR count). The maximum absolute atomic E-state index is 14.5. The Hall–Kier alpha value is -9.83. The molecule has 568 valence electrons. The summed E-state index contributed by atoms with van der Waals surface area (Å²) in [5.74, 6) is -10.0. The molecule has 0 aliphatic carbocycles. The molecule has 101 heavy (non-hydrogen) atoms. The number of aliphatic hydroxyl groups excluding tert-OH is 1. The molecule has 35 heteroatoms. The van der Waals surface area contributed by atoms with Crippen LogP contribution in [0.1, 0.15) is 181 Å². The summed E-state index contributed by atoms with van der Waals surface area (Å²) in [5.41, 5.74) is 39.3. The molecule has 8 atom stereocenters. The Balaban J connectivity index is 0.0000510. The number of imidazole rings is 1. The van der Waals surface area contributed by atoms with Crippen molar-refractivity contribution in [2.75, 3.05) is 39.3 Å². The zero-order valence-corrected chi connectivity index (χ0v) is 58.4. The van der Waals surface area contributed by atoms with Crippen LogP contribution in [0.3, 0.4) is 0 Å². The van der Waals surface area contributed by atoms with Crippen LogP contribution in [0.2, 0.25) is 0 Å². The third-order valence-electron chi connectivity index (χ3n) is 15.7. The lowest BCUT2D eigenvalue weighted by atomic mass is 10.0. The molecule has 35 nitrogen and oxygen atoms in total. The first-order valence-electron chi connectivity index (χ1n) is 34.4. The van der Waals surface area contributed by atoms with E-state index in [0.717, 1.165) is 25.7 Å². The highest BCUT2D eigenvalue weighted by molar-refractivity contribution is 5.98. The number of phenolic OH excluding ortho intramolecular Hbond substituents is 1. The Morgan fingerprint density at radius 2 is 0.871 bits per heavy atom. The number of carbonyl (C=O) groups excluding carboxylic acids is 11. The lowest BCUT2D eigenvalue weighted by Crippen LogP contribution is -2.59. The van der Waals surface area contributed by atoms with Gasteiger partial charge in [0.25, 0.3) is 0 Å². The van der Waals surface area contributed by atoms with Gasteiger partial charge in [-0.05, 0) is 81.9 Å². The predicted molar refractivity (Wildman–Crippen MR) is 384 cm³/mol. The van der Waals surface area contributed by atoms with Gasteiger partial charge in [-0.1, -0.05) is 117 Å². The average Bonchev–Trinajstić information content (AvgIpc) is 1.36. The number of guanidine groups is 3. The number of aromatic hydroxyl groups is 1. The van der Waals surface area contributed by atoms with Gasteiger partial charge in [0.1, 0.15) is 54.1 Å². The fourth-order valence-corrected chi connectivity index (χ4v) is 10.3. The van der Waals surface area contributed by atoms with Crippen LogP contribution in [0.15, 0.2) is 51.8 Å². The number of aromatic nitrogens is 2. The third kappa shape index (κ3) is 40.7. The smallest absolute Gasteiger partial charge is 0.245 e. The van der Waals surface area contributed by atoms with E-state index < -0.39 is 133 Å². The number of carbonyl (C=O) groups is 11. The van der Waals surface area contributed by atoms with Crippen molar-refractivity contribution in [3.8, 4) is 5.75 Å². The second kappa shape index (κ2) is 51.3. The molecule has 0 aliphatic heterocycles. The number of hydrogen-bond donors (Lipinski definition) is 20. The maximum Gasteiger partial charge on any atom is 0.245 e. The van der Waals surface area contributed by atoms with E-state index in [9.17, 15) is 63.0 Å². The minimum absolute atomic E-state index is 0. The van der Waals surface area contributed by atoms with Crippen LogP contribution >= 0.6 is 0 Å². The van der Waals surface area contributed by atoms with E-state index in [2.05, 4.69) is 85.0 Å². The molecule has 1 heterocycles. The predicted octanol–water partition coefficient (Wildman–Crippen LogP) is -2.17. The Kier molecular flexibility index (Phi) is 45.3. The maximum atomic E-state index is 14.5. The second-order valence-electron chi connectivity index (χ2n) is 25.0. The number of nitrogens with two attached hydrogens (primary N) is 7. The molecular weight excluding hydrogens is 1310 g/mol. The molecule has 11 amide bonds. The number of amides is 11. The number of H-pyrrole nitrogens is 1. The lowest BCUT2D eigenvalue weighted by Gasteiger charge is -2.26. The molecular formula is C66H116N22O13.